The van der Waals surface area contributed by atoms with Gasteiger partial charge in [0.2, 0.25) is 0 Å². The number of benzene rings is 1. The van der Waals surface area contributed by atoms with Crippen LogP contribution in [0.4, 0.5) is 0 Å². The normalized spacial score (nSPS) is 35.5. The smallest absolute Gasteiger partial charge is 0.0366 e. The second-order valence-electron chi connectivity index (χ2n) is 3.79. The summed E-state index contributed by atoms with van der Waals surface area (Å²) in [5.74, 6) is 0.803. The second-order valence-corrected chi connectivity index (χ2v) is 5.18. The Bertz CT molecular complexity index is 328. The van der Waals surface area contributed by atoms with Gasteiger partial charge in [0.1, 0.15) is 0 Å². The molecule has 1 saturated heterocycles. The van der Waals surface area contributed by atoms with E-state index in [1.807, 2.05) is 0 Å². The molecule has 66 valence electrons. The molecule has 2 aliphatic rings. The fourth-order valence-electron chi connectivity index (χ4n) is 2.28. The molecule has 1 heterocycles. The minimum absolute atomic E-state index is 0.733. The highest BCUT2D eigenvalue weighted by molar-refractivity contribution is 8.00. The Morgan fingerprint density at radius 1 is 1.08 bits per heavy atom. The lowest BCUT2D eigenvalue weighted by Gasteiger charge is -2.17. The van der Waals surface area contributed by atoms with E-state index in [4.69, 9.17) is 0 Å². The van der Waals surface area contributed by atoms with Gasteiger partial charge in [-0.3, -0.25) is 0 Å². The lowest BCUT2D eigenvalue weighted by atomic mass is 9.99. The molecule has 1 aliphatic heterocycles. The average molecular weight is 188 g/mol. The number of rotatable bonds is 1. The van der Waals surface area contributed by atoms with Crippen molar-refractivity contribution in [1.29, 1.82) is 0 Å². The highest BCUT2D eigenvalue weighted by Crippen LogP contribution is 2.53. The SMILES string of the molecule is C1=C[C@H]2C[C@@H]1S[C@H]2c1ccccc1. The summed E-state index contributed by atoms with van der Waals surface area (Å²) in [6.07, 6.45) is 6.14. The van der Waals surface area contributed by atoms with Crippen LogP contribution in [-0.2, 0) is 0 Å². The van der Waals surface area contributed by atoms with Crippen LogP contribution < -0.4 is 0 Å². The van der Waals surface area contributed by atoms with Crippen LogP contribution in [-0.4, -0.2) is 5.25 Å². The van der Waals surface area contributed by atoms with Crippen LogP contribution in [0, 0.1) is 5.92 Å². The number of hydrogen-bond acceptors (Lipinski definition) is 1. The molecule has 13 heavy (non-hydrogen) atoms. The number of hydrogen-bond donors (Lipinski definition) is 0. The van der Waals surface area contributed by atoms with Gasteiger partial charge in [0.15, 0.2) is 0 Å². The highest BCUT2D eigenvalue weighted by Gasteiger charge is 2.36. The standard InChI is InChI=1S/C12H12S/c1-2-4-9(5-3-1)12-10-6-7-11(8-10)13-12/h1-7,10-12H,8H2/t10-,11+,12-/m0/s1. The van der Waals surface area contributed by atoms with Gasteiger partial charge in [-0.1, -0.05) is 42.5 Å². The number of allylic oxidation sites excluding steroid dienone is 1. The van der Waals surface area contributed by atoms with E-state index in [9.17, 15) is 0 Å². The Hall–Kier alpha value is -0.690. The van der Waals surface area contributed by atoms with Gasteiger partial charge >= 0.3 is 0 Å². The Morgan fingerprint density at radius 3 is 2.54 bits per heavy atom. The van der Waals surface area contributed by atoms with E-state index in [-0.39, 0.29) is 0 Å². The maximum atomic E-state index is 2.40. The molecule has 0 saturated carbocycles. The first kappa shape index (κ1) is 7.69. The summed E-state index contributed by atoms with van der Waals surface area (Å²) in [6.45, 7) is 0. The molecule has 1 aromatic carbocycles. The van der Waals surface area contributed by atoms with E-state index in [0.29, 0.717) is 0 Å². The Morgan fingerprint density at radius 2 is 1.92 bits per heavy atom. The van der Waals surface area contributed by atoms with E-state index in [1.54, 1.807) is 0 Å². The highest BCUT2D eigenvalue weighted by atomic mass is 32.2. The van der Waals surface area contributed by atoms with E-state index in [1.165, 1.54) is 12.0 Å². The molecule has 0 nitrogen and oxygen atoms in total. The molecule has 2 bridgehead atoms. The summed E-state index contributed by atoms with van der Waals surface area (Å²) in [7, 11) is 0. The van der Waals surface area contributed by atoms with E-state index in [2.05, 4.69) is 54.2 Å². The van der Waals surface area contributed by atoms with Crippen molar-refractivity contribution in [3.63, 3.8) is 0 Å². The van der Waals surface area contributed by atoms with Crippen LogP contribution in [0.25, 0.3) is 0 Å². The van der Waals surface area contributed by atoms with Gasteiger partial charge < -0.3 is 0 Å². The molecule has 1 fully saturated rings. The Labute approximate surface area is 83.0 Å². The molecule has 0 spiro atoms. The zero-order valence-electron chi connectivity index (χ0n) is 7.39. The van der Waals surface area contributed by atoms with Crippen molar-refractivity contribution in [3.05, 3.63) is 48.0 Å². The quantitative estimate of drug-likeness (QED) is 0.608. The summed E-state index contributed by atoms with van der Waals surface area (Å²) >= 11 is 2.13. The van der Waals surface area contributed by atoms with Crippen molar-refractivity contribution in [2.24, 2.45) is 5.92 Å². The molecular formula is C12H12S. The van der Waals surface area contributed by atoms with Crippen LogP contribution in [0.1, 0.15) is 17.2 Å². The van der Waals surface area contributed by atoms with Gasteiger partial charge in [0.05, 0.1) is 0 Å². The van der Waals surface area contributed by atoms with Crippen molar-refractivity contribution >= 4 is 11.8 Å². The van der Waals surface area contributed by atoms with Gasteiger partial charge in [-0.15, -0.1) is 11.8 Å². The Balaban J connectivity index is 1.92. The summed E-state index contributed by atoms with van der Waals surface area (Å²) in [5.41, 5.74) is 1.50. The third-order valence-electron chi connectivity index (χ3n) is 2.92. The average Bonchev–Trinajstić information content (AvgIpc) is 2.80. The Kier molecular flexibility index (Phi) is 1.72. The predicted octanol–water partition coefficient (Wildman–Crippen LogP) is 3.42. The third-order valence-corrected chi connectivity index (χ3v) is 4.53. The first-order valence-electron chi connectivity index (χ1n) is 4.82. The largest absolute Gasteiger partial charge is 0.146 e. The first-order valence-corrected chi connectivity index (χ1v) is 5.76. The molecule has 1 heteroatoms. The van der Waals surface area contributed by atoms with Crippen molar-refractivity contribution < 1.29 is 0 Å². The second kappa shape index (κ2) is 2.91. The zero-order chi connectivity index (χ0) is 8.67. The molecule has 1 aliphatic carbocycles. The molecule has 3 rings (SSSR count). The van der Waals surface area contributed by atoms with E-state index >= 15 is 0 Å². The minimum atomic E-state index is 0.733. The maximum absolute atomic E-state index is 2.40. The van der Waals surface area contributed by atoms with Gasteiger partial charge in [-0.2, -0.15) is 0 Å². The molecular weight excluding hydrogens is 176 g/mol. The summed E-state index contributed by atoms with van der Waals surface area (Å²) < 4.78 is 0. The summed E-state index contributed by atoms with van der Waals surface area (Å²) in [4.78, 5) is 0. The molecule has 3 atom stereocenters. The van der Waals surface area contributed by atoms with Crippen LogP contribution in [0.15, 0.2) is 42.5 Å². The molecule has 1 aromatic rings. The lowest BCUT2D eigenvalue weighted by Crippen LogP contribution is -2.00. The van der Waals surface area contributed by atoms with Gasteiger partial charge in [0.25, 0.3) is 0 Å². The molecule has 0 N–H and O–H groups in total. The van der Waals surface area contributed by atoms with Crippen LogP contribution >= 0.6 is 11.8 Å². The zero-order valence-corrected chi connectivity index (χ0v) is 8.21. The topological polar surface area (TPSA) is 0 Å². The van der Waals surface area contributed by atoms with E-state index < -0.39 is 0 Å². The van der Waals surface area contributed by atoms with Crippen LogP contribution in [0.3, 0.4) is 0 Å². The molecule has 0 unspecified atom stereocenters. The minimum Gasteiger partial charge on any atom is -0.146 e. The predicted molar refractivity (Wildman–Crippen MR) is 57.8 cm³/mol. The fourth-order valence-corrected chi connectivity index (χ4v) is 3.88. The van der Waals surface area contributed by atoms with Crippen molar-refractivity contribution in [3.8, 4) is 0 Å². The summed E-state index contributed by atoms with van der Waals surface area (Å²) in [6, 6.07) is 10.9. The van der Waals surface area contributed by atoms with Crippen LogP contribution in [0.5, 0.6) is 0 Å². The van der Waals surface area contributed by atoms with Crippen LogP contribution in [0.2, 0.25) is 0 Å². The monoisotopic (exact) mass is 188 g/mol. The number of thioether (sulfide) groups is 1. The summed E-state index contributed by atoms with van der Waals surface area (Å²) in [5, 5.41) is 1.53. The maximum Gasteiger partial charge on any atom is 0.0366 e. The number of fused-ring (bicyclic) bond motifs is 2. The lowest BCUT2D eigenvalue weighted by molar-refractivity contribution is 0.658. The third kappa shape index (κ3) is 1.22. The fraction of sp³-hybridized carbons (Fsp3) is 0.333. The van der Waals surface area contributed by atoms with Gasteiger partial charge in [0, 0.05) is 10.5 Å². The van der Waals surface area contributed by atoms with E-state index in [0.717, 1.165) is 16.4 Å². The van der Waals surface area contributed by atoms with Crippen molar-refractivity contribution in [2.45, 2.75) is 16.9 Å². The van der Waals surface area contributed by atoms with Gasteiger partial charge in [-0.05, 0) is 17.9 Å². The van der Waals surface area contributed by atoms with Crippen molar-refractivity contribution in [1.82, 2.24) is 0 Å². The molecule has 0 amide bonds. The first-order chi connectivity index (χ1) is 6.43. The van der Waals surface area contributed by atoms with Gasteiger partial charge in [-0.25, -0.2) is 0 Å². The van der Waals surface area contributed by atoms with Crippen molar-refractivity contribution in [2.75, 3.05) is 0 Å². The molecule has 0 aromatic heterocycles. The molecule has 0 radical (unpaired) electrons.